The van der Waals surface area contributed by atoms with E-state index in [1.165, 1.54) is 24.3 Å². The van der Waals surface area contributed by atoms with Crippen LogP contribution >= 0.6 is 0 Å². The van der Waals surface area contributed by atoms with Gasteiger partial charge in [-0.3, -0.25) is 0 Å². The SMILES string of the molecule is FC(F)(F)c1ccc(C#Cc2ccc3c(c2)oc2cc4c(cc23)oc2cc(C=Cc3ccc5c(c3)oc3cc6c(cc35)oc3cc(C#Cc5ccc(C(F)(F)F)cc5)ccc36)ccc24)cc1. The Morgan fingerprint density at radius 3 is 0.894 bits per heavy atom. The van der Waals surface area contributed by atoms with Gasteiger partial charge in [-0.25, -0.2) is 0 Å². The highest BCUT2D eigenvalue weighted by Gasteiger charge is 2.30. The van der Waals surface area contributed by atoms with Crippen LogP contribution in [0.25, 0.3) is 99.9 Å². The number of hydrogen-bond acceptors (Lipinski definition) is 4. The lowest BCUT2D eigenvalue weighted by atomic mass is 10.1. The van der Waals surface area contributed by atoms with Gasteiger partial charge in [0.1, 0.15) is 44.7 Å². The van der Waals surface area contributed by atoms with Crippen LogP contribution in [0, 0.1) is 23.7 Å². The summed E-state index contributed by atoms with van der Waals surface area (Å²) < 4.78 is 103. The monoisotopic (exact) mass is 876 g/mol. The van der Waals surface area contributed by atoms with E-state index in [-0.39, 0.29) is 0 Å². The van der Waals surface area contributed by atoms with Crippen molar-refractivity contribution in [2.24, 2.45) is 0 Å². The van der Waals surface area contributed by atoms with E-state index < -0.39 is 23.5 Å². The lowest BCUT2D eigenvalue weighted by molar-refractivity contribution is -0.138. The first-order valence-electron chi connectivity index (χ1n) is 20.6. The third kappa shape index (κ3) is 6.88. The number of fused-ring (bicyclic) bond motifs is 12. The van der Waals surface area contributed by atoms with Gasteiger partial charge in [0.2, 0.25) is 0 Å². The Kier molecular flexibility index (Phi) is 8.55. The minimum Gasteiger partial charge on any atom is -0.456 e. The lowest BCUT2D eigenvalue weighted by Crippen LogP contribution is -2.04. The van der Waals surface area contributed by atoms with Crippen molar-refractivity contribution >= 4 is 99.9 Å². The fourth-order valence-electron chi connectivity index (χ4n) is 8.45. The topological polar surface area (TPSA) is 52.6 Å². The average molecular weight is 877 g/mol. The molecular formula is C56H26F6O4. The summed E-state index contributed by atoms with van der Waals surface area (Å²) >= 11 is 0. The molecule has 0 spiro atoms. The number of furan rings is 4. The minimum absolute atomic E-state index is 0.476. The summed E-state index contributed by atoms with van der Waals surface area (Å²) in [4.78, 5) is 0. The van der Waals surface area contributed by atoms with Gasteiger partial charge in [-0.1, -0.05) is 48.0 Å². The molecule has 4 aromatic heterocycles. The highest BCUT2D eigenvalue weighted by molar-refractivity contribution is 6.16. The maximum absolute atomic E-state index is 12.9. The molecule has 316 valence electrons. The van der Waals surface area contributed by atoms with Crippen LogP contribution in [0.3, 0.4) is 0 Å². The maximum atomic E-state index is 12.9. The summed E-state index contributed by atoms with van der Waals surface area (Å²) in [5.41, 5.74) is 8.33. The molecule has 0 aliphatic carbocycles. The Labute approximate surface area is 368 Å². The molecule has 0 saturated heterocycles. The molecule has 0 aliphatic rings. The lowest BCUT2D eigenvalue weighted by Gasteiger charge is -2.05. The summed E-state index contributed by atoms with van der Waals surface area (Å²) in [6.45, 7) is 0. The van der Waals surface area contributed by atoms with E-state index in [2.05, 4.69) is 23.7 Å². The molecule has 10 heteroatoms. The summed E-state index contributed by atoms with van der Waals surface area (Å²) in [5, 5.41) is 7.28. The van der Waals surface area contributed by atoms with Crippen molar-refractivity contribution < 1.29 is 44.0 Å². The third-order valence-electron chi connectivity index (χ3n) is 11.8. The van der Waals surface area contributed by atoms with Crippen molar-refractivity contribution in [3.05, 3.63) is 190 Å². The molecule has 8 aromatic carbocycles. The predicted molar refractivity (Wildman–Crippen MR) is 246 cm³/mol. The van der Waals surface area contributed by atoms with Crippen LogP contribution in [0.1, 0.15) is 44.5 Å². The van der Waals surface area contributed by atoms with Crippen LogP contribution in [-0.4, -0.2) is 0 Å². The number of rotatable bonds is 2. The Morgan fingerprint density at radius 1 is 0.288 bits per heavy atom. The Balaban J connectivity index is 0.782. The molecule has 0 fully saturated rings. The summed E-state index contributed by atoms with van der Waals surface area (Å²) in [6.07, 6.45) is -4.75. The standard InChI is InChI=1S/C56H26F6O4/c57-55(58,59)37-15-7-31(8-16-37)1-3-33-11-19-39-43-27-53-45(29-51(43)63-47(39)23-33)41-21-13-35(25-49(41)65-53)5-6-36-14-22-42-46-30-52-44(28-54(46)66-50(42)26-36)40-20-12-34(24-48(40)64-52)4-2-32-9-17-38(18-10-32)56(60,61)62/h5-30H. The van der Waals surface area contributed by atoms with Gasteiger partial charge in [0.05, 0.1) is 11.1 Å². The second-order valence-electron chi connectivity index (χ2n) is 16.0. The van der Waals surface area contributed by atoms with E-state index in [4.69, 9.17) is 17.7 Å². The zero-order valence-corrected chi connectivity index (χ0v) is 33.9. The normalized spacial score (nSPS) is 12.4. The van der Waals surface area contributed by atoms with Crippen LogP contribution in [0.2, 0.25) is 0 Å². The van der Waals surface area contributed by atoms with Gasteiger partial charge < -0.3 is 17.7 Å². The minimum atomic E-state index is -4.40. The molecule has 0 N–H and O–H groups in total. The van der Waals surface area contributed by atoms with Crippen molar-refractivity contribution in [1.29, 1.82) is 0 Å². The molecule has 0 amide bonds. The van der Waals surface area contributed by atoms with Gasteiger partial charge in [0.15, 0.2) is 0 Å². The first kappa shape index (κ1) is 39.0. The Bertz CT molecular complexity index is 3860. The first-order valence-corrected chi connectivity index (χ1v) is 20.6. The number of alkyl halides is 6. The van der Waals surface area contributed by atoms with Crippen molar-refractivity contribution in [1.82, 2.24) is 0 Å². The van der Waals surface area contributed by atoms with Crippen LogP contribution < -0.4 is 0 Å². The van der Waals surface area contributed by atoms with E-state index in [1.54, 1.807) is 0 Å². The van der Waals surface area contributed by atoms with Crippen LogP contribution in [-0.2, 0) is 12.4 Å². The largest absolute Gasteiger partial charge is 0.456 e. The summed E-state index contributed by atoms with van der Waals surface area (Å²) in [6, 6.07) is 40.8. The van der Waals surface area contributed by atoms with Crippen LogP contribution in [0.4, 0.5) is 26.3 Å². The molecular weight excluding hydrogens is 851 g/mol. The van der Waals surface area contributed by atoms with E-state index in [9.17, 15) is 26.3 Å². The van der Waals surface area contributed by atoms with Crippen molar-refractivity contribution in [3.63, 3.8) is 0 Å². The van der Waals surface area contributed by atoms with E-state index in [0.717, 1.165) is 101 Å². The zero-order valence-electron chi connectivity index (χ0n) is 33.9. The fraction of sp³-hybridized carbons (Fsp3) is 0.0357. The van der Waals surface area contributed by atoms with Gasteiger partial charge in [-0.05, 0) is 145 Å². The average Bonchev–Trinajstić information content (AvgIpc) is 4.06. The van der Waals surface area contributed by atoms with Crippen LogP contribution in [0.5, 0.6) is 0 Å². The first-order chi connectivity index (χ1) is 31.9. The van der Waals surface area contributed by atoms with Gasteiger partial charge in [-0.2, -0.15) is 26.3 Å². The molecule has 0 unspecified atom stereocenters. The third-order valence-corrected chi connectivity index (χ3v) is 11.8. The molecule has 66 heavy (non-hydrogen) atoms. The summed E-state index contributed by atoms with van der Waals surface area (Å²) in [7, 11) is 0. The Hall–Kier alpha value is -8.60. The fourth-order valence-corrected chi connectivity index (χ4v) is 8.45. The van der Waals surface area contributed by atoms with Gasteiger partial charge >= 0.3 is 12.4 Å². The highest BCUT2D eigenvalue weighted by atomic mass is 19.4. The molecule has 4 heterocycles. The van der Waals surface area contributed by atoms with E-state index >= 15 is 0 Å². The molecule has 0 radical (unpaired) electrons. The van der Waals surface area contributed by atoms with Crippen LogP contribution in [0.15, 0.2) is 163 Å². The number of halogens is 6. The van der Waals surface area contributed by atoms with Crippen molar-refractivity contribution in [2.45, 2.75) is 12.4 Å². The number of benzene rings is 8. The molecule has 0 atom stereocenters. The quantitative estimate of drug-likeness (QED) is 0.0986. The van der Waals surface area contributed by atoms with E-state index in [1.807, 2.05) is 109 Å². The van der Waals surface area contributed by atoms with Gasteiger partial charge in [-0.15, -0.1) is 0 Å². The molecule has 12 rings (SSSR count). The zero-order chi connectivity index (χ0) is 44.9. The molecule has 12 aromatic rings. The van der Waals surface area contributed by atoms with Crippen molar-refractivity contribution in [3.8, 4) is 23.7 Å². The van der Waals surface area contributed by atoms with Gasteiger partial charge in [0.25, 0.3) is 0 Å². The predicted octanol–water partition coefficient (Wildman–Crippen LogP) is 16.3. The summed E-state index contributed by atoms with van der Waals surface area (Å²) in [5.74, 6) is 11.9. The van der Waals surface area contributed by atoms with E-state index in [0.29, 0.717) is 44.6 Å². The number of hydrogen-bond donors (Lipinski definition) is 0. The molecule has 0 bridgehead atoms. The second kappa shape index (κ2) is 14.5. The highest BCUT2D eigenvalue weighted by Crippen LogP contribution is 2.40. The Morgan fingerprint density at radius 2 is 0.561 bits per heavy atom. The second-order valence-corrected chi connectivity index (χ2v) is 16.0. The smallest absolute Gasteiger partial charge is 0.416 e. The molecule has 0 saturated carbocycles. The van der Waals surface area contributed by atoms with Gasteiger partial charge in [0, 0.05) is 65.3 Å². The van der Waals surface area contributed by atoms with Crippen molar-refractivity contribution in [2.75, 3.05) is 0 Å². The molecule has 0 aliphatic heterocycles. The maximum Gasteiger partial charge on any atom is 0.416 e. The molecule has 4 nitrogen and oxygen atoms in total.